The van der Waals surface area contributed by atoms with Gasteiger partial charge in [0.25, 0.3) is 11.5 Å². The van der Waals surface area contributed by atoms with E-state index in [0.29, 0.717) is 0 Å². The lowest BCUT2D eigenvalue weighted by Crippen LogP contribution is -2.58. The smallest absolute Gasteiger partial charge is 0.374 e. The molecule has 0 bridgehead atoms. The number of rotatable bonds is 3. The maximum atomic E-state index is 13.8. The van der Waals surface area contributed by atoms with Crippen molar-refractivity contribution in [3.05, 3.63) is 0 Å². The molecule has 9 heteroatoms. The van der Waals surface area contributed by atoms with Crippen LogP contribution in [0.5, 0.6) is 0 Å². The molecule has 0 radical (unpaired) electrons. The first-order chi connectivity index (χ1) is 9.18. The Labute approximate surface area is 116 Å². The molecule has 3 unspecified atom stereocenters. The van der Waals surface area contributed by atoms with Crippen LogP contribution >= 0.6 is 0 Å². The number of halogens is 8. The predicted molar refractivity (Wildman–Crippen MR) is 57.7 cm³/mol. The van der Waals surface area contributed by atoms with Crippen molar-refractivity contribution in [1.29, 1.82) is 0 Å². The van der Waals surface area contributed by atoms with Crippen molar-refractivity contribution in [2.75, 3.05) is 0 Å². The molecule has 0 spiro atoms. The molecule has 0 saturated heterocycles. The first-order valence-corrected chi connectivity index (χ1v) is 6.42. The monoisotopic (exact) mass is 328 g/mol. The van der Waals surface area contributed by atoms with Gasteiger partial charge in [0.2, 0.25) is 0 Å². The molecular weight excluding hydrogens is 312 g/mol. The molecule has 0 amide bonds. The van der Waals surface area contributed by atoms with Crippen LogP contribution in [-0.2, 0) is 0 Å². The topological polar surface area (TPSA) is 20.2 Å². The largest absolute Gasteiger partial charge is 0.426 e. The summed E-state index contributed by atoms with van der Waals surface area (Å²) in [7, 11) is 0. The third-order valence-electron chi connectivity index (χ3n) is 4.31. The lowest BCUT2D eigenvalue weighted by atomic mass is 9.81. The van der Waals surface area contributed by atoms with Gasteiger partial charge in [-0.3, -0.25) is 0 Å². The Morgan fingerprint density at radius 1 is 1.05 bits per heavy atom. The molecule has 1 N–H and O–H groups in total. The molecule has 1 aliphatic rings. The molecule has 1 nitrogen and oxygen atoms in total. The SMILES string of the molecule is CCC1C(CC(O)(C(F)(F)F)C(F)(F)F)CC(C)C1(F)F. The van der Waals surface area contributed by atoms with Crippen LogP contribution in [0.3, 0.4) is 0 Å². The molecule has 0 aromatic rings. The zero-order chi connectivity index (χ0) is 16.9. The Morgan fingerprint density at radius 2 is 1.48 bits per heavy atom. The Kier molecular flexibility index (Phi) is 4.60. The zero-order valence-corrected chi connectivity index (χ0v) is 11.3. The van der Waals surface area contributed by atoms with Crippen molar-refractivity contribution in [3.63, 3.8) is 0 Å². The summed E-state index contributed by atoms with van der Waals surface area (Å²) >= 11 is 0. The van der Waals surface area contributed by atoms with Gasteiger partial charge in [0.05, 0.1) is 0 Å². The van der Waals surface area contributed by atoms with Gasteiger partial charge in [-0.2, -0.15) is 26.3 Å². The maximum Gasteiger partial charge on any atom is 0.426 e. The van der Waals surface area contributed by atoms with E-state index in [1.807, 2.05) is 0 Å². The van der Waals surface area contributed by atoms with Gasteiger partial charge in [-0.15, -0.1) is 0 Å². The zero-order valence-electron chi connectivity index (χ0n) is 11.3. The molecule has 0 aliphatic heterocycles. The van der Waals surface area contributed by atoms with Crippen LogP contribution in [0.25, 0.3) is 0 Å². The van der Waals surface area contributed by atoms with E-state index in [2.05, 4.69) is 0 Å². The van der Waals surface area contributed by atoms with Crippen molar-refractivity contribution in [3.8, 4) is 0 Å². The Morgan fingerprint density at radius 3 is 1.81 bits per heavy atom. The van der Waals surface area contributed by atoms with Gasteiger partial charge in [0, 0.05) is 11.8 Å². The summed E-state index contributed by atoms with van der Waals surface area (Å²) < 4.78 is 103. The first kappa shape index (κ1) is 18.4. The Hall–Kier alpha value is -0.600. The van der Waals surface area contributed by atoms with Crippen molar-refractivity contribution < 1.29 is 40.2 Å². The van der Waals surface area contributed by atoms with E-state index < -0.39 is 54.5 Å². The number of hydrogen-bond donors (Lipinski definition) is 1. The summed E-state index contributed by atoms with van der Waals surface area (Å²) in [4.78, 5) is 0. The van der Waals surface area contributed by atoms with Gasteiger partial charge in [0.1, 0.15) is 0 Å². The molecule has 21 heavy (non-hydrogen) atoms. The predicted octanol–water partition coefficient (Wildman–Crippen LogP) is 4.55. The summed E-state index contributed by atoms with van der Waals surface area (Å²) in [5, 5.41) is 9.12. The third-order valence-corrected chi connectivity index (χ3v) is 4.31. The van der Waals surface area contributed by atoms with Gasteiger partial charge in [0.15, 0.2) is 0 Å². The lowest BCUT2D eigenvalue weighted by Gasteiger charge is -2.36. The fraction of sp³-hybridized carbons (Fsp3) is 1.00. The molecule has 1 rings (SSSR count). The highest BCUT2D eigenvalue weighted by molar-refractivity contribution is 5.02. The van der Waals surface area contributed by atoms with Crippen LogP contribution < -0.4 is 0 Å². The molecule has 1 aliphatic carbocycles. The molecule has 0 heterocycles. The van der Waals surface area contributed by atoms with E-state index in [1.54, 1.807) is 0 Å². The highest BCUT2D eigenvalue weighted by Gasteiger charge is 2.72. The number of alkyl halides is 8. The van der Waals surface area contributed by atoms with Crippen molar-refractivity contribution in [1.82, 2.24) is 0 Å². The molecular formula is C12H16F8O. The Bertz CT molecular complexity index is 358. The maximum absolute atomic E-state index is 13.8. The fourth-order valence-electron chi connectivity index (χ4n) is 3.06. The summed E-state index contributed by atoms with van der Waals surface area (Å²) in [6.07, 6.45) is -14.5. The van der Waals surface area contributed by atoms with E-state index in [-0.39, 0.29) is 6.42 Å². The van der Waals surface area contributed by atoms with Crippen LogP contribution in [0.15, 0.2) is 0 Å². The van der Waals surface area contributed by atoms with Crippen LogP contribution in [0.2, 0.25) is 0 Å². The quantitative estimate of drug-likeness (QED) is 0.754. The fourth-order valence-corrected chi connectivity index (χ4v) is 3.06. The average molecular weight is 328 g/mol. The molecule has 1 saturated carbocycles. The highest BCUT2D eigenvalue weighted by atomic mass is 19.4. The molecule has 0 aromatic carbocycles. The van der Waals surface area contributed by atoms with E-state index in [4.69, 9.17) is 5.11 Å². The van der Waals surface area contributed by atoms with Gasteiger partial charge < -0.3 is 5.11 Å². The second-order valence-electron chi connectivity index (χ2n) is 5.65. The minimum Gasteiger partial charge on any atom is -0.374 e. The first-order valence-electron chi connectivity index (χ1n) is 6.42. The molecule has 126 valence electrons. The van der Waals surface area contributed by atoms with Gasteiger partial charge in [-0.05, 0) is 25.2 Å². The van der Waals surface area contributed by atoms with Crippen LogP contribution in [0, 0.1) is 17.8 Å². The van der Waals surface area contributed by atoms with Crippen molar-refractivity contribution in [2.45, 2.75) is 57.0 Å². The van der Waals surface area contributed by atoms with Crippen molar-refractivity contribution >= 4 is 0 Å². The standard InChI is InChI=1S/C12H16F8O/c1-3-8-7(4-6(2)10(8,13)14)5-9(21,11(15,16)17)12(18,19)20/h6-8,21H,3-5H2,1-2H3. The molecule has 3 atom stereocenters. The second-order valence-corrected chi connectivity index (χ2v) is 5.65. The minimum absolute atomic E-state index is 0.256. The van der Waals surface area contributed by atoms with E-state index in [9.17, 15) is 35.1 Å². The number of hydrogen-bond acceptors (Lipinski definition) is 1. The van der Waals surface area contributed by atoms with Crippen LogP contribution in [-0.4, -0.2) is 29.0 Å². The lowest BCUT2D eigenvalue weighted by molar-refractivity contribution is -0.373. The normalized spacial score (nSPS) is 30.7. The van der Waals surface area contributed by atoms with Crippen molar-refractivity contribution in [2.24, 2.45) is 17.8 Å². The minimum atomic E-state index is -5.97. The third kappa shape index (κ3) is 2.98. The van der Waals surface area contributed by atoms with Gasteiger partial charge in [-0.1, -0.05) is 13.8 Å². The van der Waals surface area contributed by atoms with Crippen LogP contribution in [0.1, 0.15) is 33.1 Å². The number of aliphatic hydroxyl groups is 1. The summed E-state index contributed by atoms with van der Waals surface area (Å²) in [6, 6.07) is 0. The molecule has 0 aromatic heterocycles. The van der Waals surface area contributed by atoms with E-state index in [0.717, 1.165) is 6.92 Å². The second kappa shape index (κ2) is 5.24. The van der Waals surface area contributed by atoms with Gasteiger partial charge in [-0.25, -0.2) is 8.78 Å². The average Bonchev–Trinajstić information content (AvgIpc) is 2.45. The highest BCUT2D eigenvalue weighted by Crippen LogP contribution is 2.55. The van der Waals surface area contributed by atoms with Crippen LogP contribution in [0.4, 0.5) is 35.1 Å². The summed E-state index contributed by atoms with van der Waals surface area (Å²) in [5.74, 6) is -7.81. The molecule has 1 fully saturated rings. The Balaban J connectivity index is 3.12. The van der Waals surface area contributed by atoms with E-state index >= 15 is 0 Å². The summed E-state index contributed by atoms with van der Waals surface area (Å²) in [6.45, 7) is 2.37. The summed E-state index contributed by atoms with van der Waals surface area (Å²) in [5.41, 5.74) is -4.96. The van der Waals surface area contributed by atoms with Gasteiger partial charge >= 0.3 is 12.4 Å². The van der Waals surface area contributed by atoms with E-state index in [1.165, 1.54) is 6.92 Å².